The zero-order chi connectivity index (χ0) is 12.4. The molecule has 1 unspecified atom stereocenters. The Bertz CT molecular complexity index is 377. The van der Waals surface area contributed by atoms with Gasteiger partial charge in [-0.2, -0.15) is 0 Å². The van der Waals surface area contributed by atoms with Crippen molar-refractivity contribution >= 4 is 0 Å². The Morgan fingerprint density at radius 3 is 2.33 bits per heavy atom. The van der Waals surface area contributed by atoms with Crippen LogP contribution in [0.25, 0.3) is 0 Å². The van der Waals surface area contributed by atoms with Gasteiger partial charge in [0.05, 0.1) is 6.10 Å². The zero-order valence-corrected chi connectivity index (χ0v) is 10.8. The first-order valence-corrected chi connectivity index (χ1v) is 7.14. The lowest BCUT2D eigenvalue weighted by Gasteiger charge is -2.47. The molecule has 3 rings (SSSR count). The Labute approximate surface area is 109 Å². The summed E-state index contributed by atoms with van der Waals surface area (Å²) in [4.78, 5) is 0. The van der Waals surface area contributed by atoms with Gasteiger partial charge in [-0.3, -0.25) is 0 Å². The van der Waals surface area contributed by atoms with Crippen LogP contribution in [0.1, 0.15) is 37.7 Å². The van der Waals surface area contributed by atoms with Crippen LogP contribution in [0.4, 0.5) is 0 Å². The second-order valence-corrected chi connectivity index (χ2v) is 5.77. The molecule has 18 heavy (non-hydrogen) atoms. The summed E-state index contributed by atoms with van der Waals surface area (Å²) < 4.78 is 5.52. The van der Waals surface area contributed by atoms with E-state index in [-0.39, 0.29) is 11.5 Å². The molecular weight excluding hydrogens is 224 g/mol. The van der Waals surface area contributed by atoms with E-state index in [1.807, 2.05) is 6.07 Å². The predicted octanol–water partition coefficient (Wildman–Crippen LogP) is 2.90. The molecule has 0 spiro atoms. The third-order valence-corrected chi connectivity index (χ3v) is 4.90. The van der Waals surface area contributed by atoms with Gasteiger partial charge in [0.2, 0.25) is 0 Å². The van der Waals surface area contributed by atoms with Crippen molar-refractivity contribution in [3.63, 3.8) is 0 Å². The van der Waals surface area contributed by atoms with E-state index in [1.54, 1.807) is 0 Å². The quantitative estimate of drug-likeness (QED) is 0.888. The van der Waals surface area contributed by atoms with Crippen LogP contribution < -0.4 is 0 Å². The minimum atomic E-state index is -0.197. The molecule has 2 fully saturated rings. The van der Waals surface area contributed by atoms with Crippen molar-refractivity contribution in [2.24, 2.45) is 5.92 Å². The molecule has 1 aliphatic carbocycles. The van der Waals surface area contributed by atoms with E-state index >= 15 is 0 Å². The highest BCUT2D eigenvalue weighted by Crippen LogP contribution is 2.45. The SMILES string of the molecule is OC(C1CCC1)C1(c2ccccc2)CCOCC1. The van der Waals surface area contributed by atoms with Crippen molar-refractivity contribution in [3.05, 3.63) is 35.9 Å². The zero-order valence-electron chi connectivity index (χ0n) is 10.8. The lowest BCUT2D eigenvalue weighted by atomic mass is 9.63. The largest absolute Gasteiger partial charge is 0.392 e. The van der Waals surface area contributed by atoms with Crippen molar-refractivity contribution in [3.8, 4) is 0 Å². The molecule has 1 N–H and O–H groups in total. The molecular formula is C16H22O2. The highest BCUT2D eigenvalue weighted by molar-refractivity contribution is 5.28. The topological polar surface area (TPSA) is 29.5 Å². The van der Waals surface area contributed by atoms with Gasteiger partial charge in [-0.15, -0.1) is 0 Å². The van der Waals surface area contributed by atoms with Crippen LogP contribution in [-0.4, -0.2) is 24.4 Å². The molecule has 0 radical (unpaired) electrons. The van der Waals surface area contributed by atoms with Crippen LogP contribution in [0.2, 0.25) is 0 Å². The molecule has 2 aliphatic rings. The first kappa shape index (κ1) is 12.2. The van der Waals surface area contributed by atoms with Crippen LogP contribution in [0, 0.1) is 5.92 Å². The van der Waals surface area contributed by atoms with Gasteiger partial charge in [0, 0.05) is 18.6 Å². The molecule has 0 amide bonds. The van der Waals surface area contributed by atoms with E-state index < -0.39 is 0 Å². The molecule has 1 aromatic carbocycles. The minimum absolute atomic E-state index is 0.0649. The molecule has 1 aliphatic heterocycles. The molecule has 0 aromatic heterocycles. The van der Waals surface area contributed by atoms with E-state index in [9.17, 15) is 5.11 Å². The first-order chi connectivity index (χ1) is 8.83. The summed E-state index contributed by atoms with van der Waals surface area (Å²) in [5.74, 6) is 0.503. The van der Waals surface area contributed by atoms with Gasteiger partial charge in [-0.1, -0.05) is 36.8 Å². The third-order valence-electron chi connectivity index (χ3n) is 4.90. The molecule has 98 valence electrons. The average molecular weight is 246 g/mol. The number of ether oxygens (including phenoxy) is 1. The fourth-order valence-corrected chi connectivity index (χ4v) is 3.47. The van der Waals surface area contributed by atoms with E-state index in [4.69, 9.17) is 4.74 Å². The Morgan fingerprint density at radius 2 is 1.78 bits per heavy atom. The summed E-state index contributed by atoms with van der Waals surface area (Å²) in [5, 5.41) is 10.8. The molecule has 1 saturated carbocycles. The van der Waals surface area contributed by atoms with E-state index in [2.05, 4.69) is 24.3 Å². The summed E-state index contributed by atoms with van der Waals surface area (Å²) in [6.07, 6.45) is 5.37. The molecule has 1 aromatic rings. The number of aliphatic hydroxyl groups is 1. The van der Waals surface area contributed by atoms with Crippen LogP contribution in [0.5, 0.6) is 0 Å². The standard InChI is InChI=1S/C16H22O2/c17-15(13-5-4-6-13)16(9-11-18-12-10-16)14-7-2-1-3-8-14/h1-3,7-8,13,15,17H,4-6,9-12H2. The number of rotatable bonds is 3. The number of aliphatic hydroxyl groups excluding tert-OH is 1. The molecule has 1 atom stereocenters. The van der Waals surface area contributed by atoms with Gasteiger partial charge in [-0.25, -0.2) is 0 Å². The van der Waals surface area contributed by atoms with Crippen LogP contribution in [-0.2, 0) is 10.2 Å². The highest BCUT2D eigenvalue weighted by atomic mass is 16.5. The monoisotopic (exact) mass is 246 g/mol. The van der Waals surface area contributed by atoms with Crippen LogP contribution in [0.3, 0.4) is 0 Å². The maximum absolute atomic E-state index is 10.8. The average Bonchev–Trinajstić information content (AvgIpc) is 2.38. The summed E-state index contributed by atoms with van der Waals surface area (Å²) in [6.45, 7) is 1.55. The summed E-state index contributed by atoms with van der Waals surface area (Å²) >= 11 is 0. The fraction of sp³-hybridized carbons (Fsp3) is 0.625. The number of hydrogen-bond donors (Lipinski definition) is 1. The minimum Gasteiger partial charge on any atom is -0.392 e. The maximum Gasteiger partial charge on any atom is 0.0666 e. The van der Waals surface area contributed by atoms with E-state index in [0.717, 1.165) is 26.1 Å². The first-order valence-electron chi connectivity index (χ1n) is 7.14. The number of hydrogen-bond acceptors (Lipinski definition) is 2. The molecule has 1 saturated heterocycles. The van der Waals surface area contributed by atoms with Crippen LogP contribution in [0.15, 0.2) is 30.3 Å². The highest BCUT2D eigenvalue weighted by Gasteiger charge is 2.45. The maximum atomic E-state index is 10.8. The van der Waals surface area contributed by atoms with Gasteiger partial charge in [0.25, 0.3) is 0 Å². The number of benzene rings is 1. The molecule has 2 nitrogen and oxygen atoms in total. The fourth-order valence-electron chi connectivity index (χ4n) is 3.47. The van der Waals surface area contributed by atoms with Crippen molar-refractivity contribution in [2.75, 3.05) is 13.2 Å². The second kappa shape index (κ2) is 5.02. The van der Waals surface area contributed by atoms with Gasteiger partial charge in [0.1, 0.15) is 0 Å². The van der Waals surface area contributed by atoms with Gasteiger partial charge in [-0.05, 0) is 37.2 Å². The summed E-state index contributed by atoms with van der Waals surface area (Å²) in [5.41, 5.74) is 1.23. The predicted molar refractivity (Wildman–Crippen MR) is 71.5 cm³/mol. The van der Waals surface area contributed by atoms with Crippen LogP contribution >= 0.6 is 0 Å². The Morgan fingerprint density at radius 1 is 1.11 bits per heavy atom. The molecule has 2 heteroatoms. The normalized spacial score (nSPS) is 25.4. The van der Waals surface area contributed by atoms with Gasteiger partial charge >= 0.3 is 0 Å². The third kappa shape index (κ3) is 1.98. The van der Waals surface area contributed by atoms with Crippen molar-refractivity contribution < 1.29 is 9.84 Å². The van der Waals surface area contributed by atoms with Crippen molar-refractivity contribution in [1.29, 1.82) is 0 Å². The lowest BCUT2D eigenvalue weighted by molar-refractivity contribution is -0.0571. The smallest absolute Gasteiger partial charge is 0.0666 e. The Kier molecular flexibility index (Phi) is 3.40. The lowest BCUT2D eigenvalue weighted by Crippen LogP contribution is -2.49. The van der Waals surface area contributed by atoms with Crippen molar-refractivity contribution in [2.45, 2.75) is 43.6 Å². The van der Waals surface area contributed by atoms with Crippen molar-refractivity contribution in [1.82, 2.24) is 0 Å². The van der Waals surface area contributed by atoms with Gasteiger partial charge in [0.15, 0.2) is 0 Å². The molecule has 1 heterocycles. The van der Waals surface area contributed by atoms with Gasteiger partial charge < -0.3 is 9.84 Å². The summed E-state index contributed by atoms with van der Waals surface area (Å²) in [6, 6.07) is 10.6. The Balaban J connectivity index is 1.92. The van der Waals surface area contributed by atoms with E-state index in [1.165, 1.54) is 24.8 Å². The summed E-state index contributed by atoms with van der Waals surface area (Å²) in [7, 11) is 0. The molecule has 0 bridgehead atoms. The second-order valence-electron chi connectivity index (χ2n) is 5.77. The Hall–Kier alpha value is -0.860. The van der Waals surface area contributed by atoms with E-state index in [0.29, 0.717) is 5.92 Å².